The van der Waals surface area contributed by atoms with Crippen molar-refractivity contribution < 1.29 is 14.3 Å². The fraction of sp³-hybridized carbons (Fsp3) is 0.278. The molecule has 0 spiro atoms. The zero-order chi connectivity index (χ0) is 16.9. The molecule has 0 saturated carbocycles. The molecule has 1 aromatic heterocycles. The van der Waals surface area contributed by atoms with Crippen LogP contribution in [0.25, 0.3) is 0 Å². The molecular weight excluding hydrogens is 306 g/mol. The van der Waals surface area contributed by atoms with Gasteiger partial charge in [0.1, 0.15) is 23.5 Å². The van der Waals surface area contributed by atoms with Crippen molar-refractivity contribution in [1.82, 2.24) is 9.88 Å². The summed E-state index contributed by atoms with van der Waals surface area (Å²) in [4.78, 5) is 17.8. The van der Waals surface area contributed by atoms with Crippen molar-refractivity contribution >= 4 is 5.91 Å². The lowest BCUT2D eigenvalue weighted by Crippen LogP contribution is -2.57. The zero-order valence-electron chi connectivity index (χ0n) is 13.3. The van der Waals surface area contributed by atoms with Crippen molar-refractivity contribution in [2.24, 2.45) is 0 Å². The highest BCUT2D eigenvalue weighted by Gasteiger charge is 2.33. The van der Waals surface area contributed by atoms with Crippen LogP contribution >= 0.6 is 0 Å². The number of carbonyl (C=O) groups excluding carboxylic acids is 1. The Hall–Kier alpha value is -3.07. The van der Waals surface area contributed by atoms with E-state index in [-0.39, 0.29) is 18.6 Å². The highest BCUT2D eigenvalue weighted by Crippen LogP contribution is 2.20. The Morgan fingerprint density at radius 2 is 2.12 bits per heavy atom. The molecule has 6 heteroatoms. The van der Waals surface area contributed by atoms with Crippen molar-refractivity contribution in [3.05, 3.63) is 53.7 Å². The minimum Gasteiger partial charge on any atom is -0.484 e. The van der Waals surface area contributed by atoms with Gasteiger partial charge in [-0.1, -0.05) is 18.2 Å². The summed E-state index contributed by atoms with van der Waals surface area (Å²) >= 11 is 0. The van der Waals surface area contributed by atoms with Gasteiger partial charge >= 0.3 is 0 Å². The van der Waals surface area contributed by atoms with Crippen molar-refractivity contribution in [2.45, 2.75) is 13.0 Å². The van der Waals surface area contributed by atoms with Crippen LogP contribution in [-0.2, 0) is 4.79 Å². The van der Waals surface area contributed by atoms with Crippen molar-refractivity contribution in [3.8, 4) is 17.7 Å². The number of hydrogen-bond donors (Lipinski definition) is 0. The average Bonchev–Trinajstić information content (AvgIpc) is 2.57. The second-order valence-electron chi connectivity index (χ2n) is 5.56. The lowest BCUT2D eigenvalue weighted by molar-refractivity contribution is -0.142. The van der Waals surface area contributed by atoms with Gasteiger partial charge in [0, 0.05) is 6.20 Å². The Morgan fingerprint density at radius 1 is 1.33 bits per heavy atom. The number of likely N-dealkylation sites (tertiary alicyclic amines) is 1. The van der Waals surface area contributed by atoms with E-state index in [1.165, 1.54) is 0 Å². The Labute approximate surface area is 140 Å². The van der Waals surface area contributed by atoms with E-state index >= 15 is 0 Å². The molecule has 0 N–H and O–H groups in total. The summed E-state index contributed by atoms with van der Waals surface area (Å²) in [7, 11) is 0. The predicted octanol–water partition coefficient (Wildman–Crippen LogP) is 1.93. The summed E-state index contributed by atoms with van der Waals surface area (Å²) in [6.45, 7) is 2.88. The maximum Gasteiger partial charge on any atom is 0.260 e. The van der Waals surface area contributed by atoms with Crippen LogP contribution in [0.4, 0.5) is 0 Å². The number of para-hydroxylation sites is 1. The van der Waals surface area contributed by atoms with Gasteiger partial charge in [0.05, 0.1) is 13.1 Å². The van der Waals surface area contributed by atoms with Crippen LogP contribution in [0.5, 0.6) is 11.6 Å². The van der Waals surface area contributed by atoms with Gasteiger partial charge < -0.3 is 14.4 Å². The zero-order valence-corrected chi connectivity index (χ0v) is 13.3. The number of amides is 1. The fourth-order valence-electron chi connectivity index (χ4n) is 2.39. The second-order valence-corrected chi connectivity index (χ2v) is 5.56. The summed E-state index contributed by atoms with van der Waals surface area (Å²) in [5.41, 5.74) is 1.39. The molecular formula is C18H17N3O3. The number of ether oxygens (including phenoxy) is 2. The highest BCUT2D eigenvalue weighted by molar-refractivity contribution is 5.78. The standard InChI is InChI=1S/C18H17N3O3/c1-13-5-2-3-7-16(13)23-12-17(22)21-10-15(11-21)24-18-14(9-19)6-4-8-20-18/h2-8,15H,10-12H2,1H3. The molecule has 1 aliphatic rings. The van der Waals surface area contributed by atoms with Gasteiger partial charge in [0.25, 0.3) is 5.91 Å². The predicted molar refractivity (Wildman–Crippen MR) is 86.6 cm³/mol. The summed E-state index contributed by atoms with van der Waals surface area (Å²) in [5, 5.41) is 9.01. The van der Waals surface area contributed by atoms with E-state index in [1.54, 1.807) is 23.2 Å². The van der Waals surface area contributed by atoms with Gasteiger partial charge in [-0.05, 0) is 30.7 Å². The van der Waals surface area contributed by atoms with Crippen LogP contribution in [0.2, 0.25) is 0 Å². The van der Waals surface area contributed by atoms with E-state index in [0.29, 0.717) is 30.3 Å². The number of benzene rings is 1. The molecule has 122 valence electrons. The number of nitrogens with zero attached hydrogens (tertiary/aromatic N) is 3. The van der Waals surface area contributed by atoms with Crippen LogP contribution in [0.1, 0.15) is 11.1 Å². The monoisotopic (exact) mass is 323 g/mol. The van der Waals surface area contributed by atoms with E-state index in [9.17, 15) is 4.79 Å². The summed E-state index contributed by atoms with van der Waals surface area (Å²) in [5.74, 6) is 0.944. The molecule has 0 radical (unpaired) electrons. The van der Waals surface area contributed by atoms with Gasteiger partial charge in [-0.25, -0.2) is 4.98 Å². The molecule has 0 bridgehead atoms. The molecule has 2 heterocycles. The van der Waals surface area contributed by atoms with Gasteiger partial charge in [0.15, 0.2) is 6.61 Å². The van der Waals surface area contributed by atoms with Crippen molar-refractivity contribution in [3.63, 3.8) is 0 Å². The van der Waals surface area contributed by atoms with Crippen molar-refractivity contribution in [1.29, 1.82) is 5.26 Å². The second kappa shape index (κ2) is 7.01. The molecule has 1 aromatic carbocycles. The quantitative estimate of drug-likeness (QED) is 0.840. The van der Waals surface area contributed by atoms with Gasteiger partial charge in [-0.15, -0.1) is 0 Å². The topological polar surface area (TPSA) is 75.4 Å². The minimum absolute atomic E-state index is 0.00457. The molecule has 3 rings (SSSR count). The lowest BCUT2D eigenvalue weighted by atomic mass is 10.1. The molecule has 24 heavy (non-hydrogen) atoms. The molecule has 1 saturated heterocycles. The molecule has 2 aromatic rings. The maximum atomic E-state index is 12.1. The Balaban J connectivity index is 1.47. The fourth-order valence-corrected chi connectivity index (χ4v) is 2.39. The minimum atomic E-state index is -0.144. The van der Waals surface area contributed by atoms with Crippen LogP contribution in [0, 0.1) is 18.3 Å². The molecule has 1 aliphatic heterocycles. The van der Waals surface area contributed by atoms with Gasteiger partial charge in [-0.2, -0.15) is 5.26 Å². The van der Waals surface area contributed by atoms with Gasteiger partial charge in [-0.3, -0.25) is 4.79 Å². The van der Waals surface area contributed by atoms with Crippen LogP contribution < -0.4 is 9.47 Å². The number of aromatic nitrogens is 1. The van der Waals surface area contributed by atoms with E-state index in [2.05, 4.69) is 4.98 Å². The highest BCUT2D eigenvalue weighted by atomic mass is 16.5. The first kappa shape index (κ1) is 15.8. The third kappa shape index (κ3) is 3.46. The van der Waals surface area contributed by atoms with Gasteiger partial charge in [0.2, 0.25) is 5.88 Å². The molecule has 1 amide bonds. The summed E-state index contributed by atoms with van der Waals surface area (Å²) < 4.78 is 11.2. The average molecular weight is 323 g/mol. The number of rotatable bonds is 5. The SMILES string of the molecule is Cc1ccccc1OCC(=O)N1CC(Oc2ncccc2C#N)C1. The third-order valence-electron chi connectivity index (χ3n) is 3.82. The number of carbonyl (C=O) groups is 1. The first-order valence-corrected chi connectivity index (χ1v) is 7.65. The van der Waals surface area contributed by atoms with E-state index < -0.39 is 0 Å². The maximum absolute atomic E-state index is 12.1. The lowest BCUT2D eigenvalue weighted by Gasteiger charge is -2.38. The Morgan fingerprint density at radius 3 is 2.88 bits per heavy atom. The smallest absolute Gasteiger partial charge is 0.260 e. The van der Waals surface area contributed by atoms with Crippen molar-refractivity contribution in [2.75, 3.05) is 19.7 Å². The molecule has 6 nitrogen and oxygen atoms in total. The molecule has 0 unspecified atom stereocenters. The van der Waals surface area contributed by atoms with E-state index in [4.69, 9.17) is 14.7 Å². The Kier molecular flexibility index (Phi) is 4.62. The normalized spacial score (nSPS) is 13.8. The first-order valence-electron chi connectivity index (χ1n) is 7.65. The van der Waals surface area contributed by atoms with Crippen LogP contribution in [0.3, 0.4) is 0 Å². The number of pyridine rings is 1. The number of nitriles is 1. The molecule has 0 atom stereocenters. The third-order valence-corrected chi connectivity index (χ3v) is 3.82. The molecule has 0 aliphatic carbocycles. The Bertz CT molecular complexity index is 779. The largest absolute Gasteiger partial charge is 0.484 e. The van der Waals surface area contributed by atoms with E-state index in [0.717, 1.165) is 5.56 Å². The first-order chi connectivity index (χ1) is 11.7. The van der Waals surface area contributed by atoms with Crippen LogP contribution in [-0.4, -0.2) is 41.6 Å². The van der Waals surface area contributed by atoms with Crippen LogP contribution in [0.15, 0.2) is 42.6 Å². The summed E-state index contributed by atoms with van der Waals surface area (Å²) in [6.07, 6.45) is 1.43. The number of hydrogen-bond acceptors (Lipinski definition) is 5. The number of aryl methyl sites for hydroxylation is 1. The van der Waals surface area contributed by atoms with E-state index in [1.807, 2.05) is 37.3 Å². The molecule has 1 fully saturated rings. The summed E-state index contributed by atoms with van der Waals surface area (Å²) in [6, 6.07) is 13.0.